The molecule has 0 rings (SSSR count). The number of unbranched alkanes of at least 4 members (excludes halogenated alkanes) is 30. The van der Waals surface area contributed by atoms with Crippen molar-refractivity contribution < 1.29 is 5.11 Å². The molecule has 1 N–H and O–H groups in total. The smallest absolute Gasteiger partial charge is 0.0653 e. The van der Waals surface area contributed by atoms with E-state index in [1.54, 1.807) is 0 Å². The van der Waals surface area contributed by atoms with Crippen LogP contribution in [0.3, 0.4) is 0 Å². The molecule has 0 bridgehead atoms. The van der Waals surface area contributed by atoms with E-state index in [-0.39, 0.29) is 76.7 Å². The van der Waals surface area contributed by atoms with Crippen LogP contribution in [-0.2, 0) is 0 Å². The lowest BCUT2D eigenvalue weighted by Gasteiger charge is -1.93. The van der Waals surface area contributed by atoms with Gasteiger partial charge in [0, 0.05) is 6.61 Å². The van der Waals surface area contributed by atoms with Crippen LogP contribution in [0.2, 0.25) is 12.6 Å². The van der Waals surface area contributed by atoms with E-state index < -0.39 is 0 Å². The molecular weight excluding hydrogens is 1170 g/mol. The van der Waals surface area contributed by atoms with Gasteiger partial charge in [0.1, 0.15) is 0 Å². The molecule has 0 saturated heterocycles. The minimum Gasteiger partial charge on any atom is -0.396 e. The molecule has 1 atom stereocenters. The van der Waals surface area contributed by atoms with Gasteiger partial charge in [-0.05, 0) is 6.42 Å². The summed E-state index contributed by atoms with van der Waals surface area (Å²) in [5.74, 6) is 0. The molecule has 96 heavy (non-hydrogen) atoms. The van der Waals surface area contributed by atoms with Crippen molar-refractivity contribution in [1.29, 1.82) is 0 Å². The van der Waals surface area contributed by atoms with Crippen molar-refractivity contribution in [1.82, 2.24) is 0 Å². The Labute approximate surface area is 645 Å². The molecular formula is C92H243B2OP. The van der Waals surface area contributed by atoms with Crippen molar-refractivity contribution in [3.05, 3.63) is 0 Å². The first-order chi connectivity index (χ1) is 41.9. The fourth-order valence-electron chi connectivity index (χ4n) is 4.95. The molecule has 0 spiro atoms. The molecule has 628 valence electrons. The minimum absolute atomic E-state index is 0. The van der Waals surface area contributed by atoms with Crippen molar-refractivity contribution in [3.8, 4) is 0 Å². The van der Waals surface area contributed by atoms with Gasteiger partial charge in [0.15, 0.2) is 0 Å². The van der Waals surface area contributed by atoms with E-state index in [1.807, 2.05) is 96.9 Å². The third kappa shape index (κ3) is 736. The van der Waals surface area contributed by atoms with Gasteiger partial charge in [0.05, 0.1) is 15.7 Å². The molecule has 4 heteroatoms. The highest BCUT2D eigenvalue weighted by atomic mass is 31.0. The molecule has 0 aliphatic heterocycles. The van der Waals surface area contributed by atoms with Crippen molar-refractivity contribution >= 4 is 25.6 Å². The highest BCUT2D eigenvalue weighted by molar-refractivity contribution is 6.92. The Balaban J connectivity index is -0.0000000172. The van der Waals surface area contributed by atoms with E-state index in [1.165, 1.54) is 250 Å². The molecule has 0 saturated carbocycles. The van der Waals surface area contributed by atoms with Crippen LogP contribution in [0.15, 0.2) is 0 Å². The van der Waals surface area contributed by atoms with Crippen LogP contribution in [0.1, 0.15) is 599 Å². The molecule has 1 nitrogen and oxygen atoms in total. The third-order valence-corrected chi connectivity index (χ3v) is 10.1. The van der Waals surface area contributed by atoms with Gasteiger partial charge >= 0.3 is 0 Å². The molecule has 0 aromatic heterocycles. The van der Waals surface area contributed by atoms with Crippen LogP contribution in [-0.4, -0.2) is 27.4 Å². The Hall–Kier alpha value is 0.520. The number of hydrogen-bond donors (Lipinski definition) is 1. The van der Waals surface area contributed by atoms with E-state index in [4.69, 9.17) is 20.8 Å². The Kier molecular flexibility index (Phi) is 818. The Morgan fingerprint density at radius 1 is 0.156 bits per heavy atom. The van der Waals surface area contributed by atoms with Crippen molar-refractivity contribution in [2.75, 3.05) is 6.61 Å². The summed E-state index contributed by atoms with van der Waals surface area (Å²) in [6.07, 6.45) is 59.2. The fraction of sp³-hybridized carbons (Fsp3) is 1.00. The Morgan fingerprint density at radius 2 is 0.250 bits per heavy atom. The largest absolute Gasteiger partial charge is 0.396 e. The first-order valence-electron chi connectivity index (χ1n) is 40.9. The van der Waals surface area contributed by atoms with Crippen LogP contribution >= 0.6 is 9.90 Å². The highest BCUT2D eigenvalue weighted by Crippen LogP contribution is 2.04. The number of hydrogen-bond acceptors (Lipinski definition) is 1. The predicted molar refractivity (Wildman–Crippen MR) is 508 cm³/mol. The number of rotatable bonds is 33. The van der Waals surface area contributed by atoms with Crippen LogP contribution in [0, 0.1) is 0 Å². The normalized spacial score (nSPS) is 6.98. The first kappa shape index (κ1) is 199. The van der Waals surface area contributed by atoms with Gasteiger partial charge in [-0.2, -0.15) is 9.90 Å². The third-order valence-electron chi connectivity index (χ3n) is 10.1. The molecule has 0 aliphatic carbocycles. The summed E-state index contributed by atoms with van der Waals surface area (Å²) in [7, 11) is 10.5. The summed E-state index contributed by atoms with van der Waals surface area (Å²) < 4.78 is 0. The van der Waals surface area contributed by atoms with Crippen molar-refractivity contribution in [2.24, 2.45) is 0 Å². The van der Waals surface area contributed by atoms with Gasteiger partial charge in [0.2, 0.25) is 0 Å². The van der Waals surface area contributed by atoms with E-state index in [9.17, 15) is 0 Å². The summed E-state index contributed by atoms with van der Waals surface area (Å²) in [5, 5.41) is 8.33. The summed E-state index contributed by atoms with van der Waals surface area (Å²) in [5.41, 5.74) is 0. The minimum atomic E-state index is 0. The maximum absolute atomic E-state index is 8.33. The summed E-state index contributed by atoms with van der Waals surface area (Å²) in [6, 6.07) is 0. The molecule has 0 fully saturated rings. The zero-order valence-electron chi connectivity index (χ0n) is 71.8. The van der Waals surface area contributed by atoms with Crippen LogP contribution in [0.4, 0.5) is 0 Å². The van der Waals surface area contributed by atoms with Gasteiger partial charge in [-0.15, -0.1) is 0 Å². The second kappa shape index (κ2) is 394. The monoisotopic (exact) mass is 1420 g/mol. The average Bonchev–Trinajstić information content (AvgIpc) is 3.57. The molecule has 0 aromatic carbocycles. The van der Waals surface area contributed by atoms with Crippen LogP contribution < -0.4 is 0 Å². The fourth-order valence-corrected chi connectivity index (χ4v) is 4.95. The standard InChI is InChI=1S/C8H18.2C7H16.C6H13BO.C6H13B.C6H14.3C5H12.2C4H10.2C3H8.7C2H6.9CH4.H3P/c1-3-5-7-8-6-4-2;2*1-3-5-7-6-4-2;7-5-3-1-2-4-6-8;1-2-3-4-5-6-7;1-3-5-6-4-2;3*1-3-5-4-2;2*1-3-4-2;2*1-3-2;7*1-2;;;;;;;;;;/h3-8H2,1-2H3;2*3-7H2,1-2H3;8H,1-6H2;2-6H2,1H3;3-6H2,1-2H3;3*3-5H2,1-2H3;2*3-4H2,1-2H3;2*3H2,1-2H3;7*1-2H3;9*1H4;1H3. The van der Waals surface area contributed by atoms with Crippen LogP contribution in [0.5, 0.6) is 0 Å². The second-order valence-electron chi connectivity index (χ2n) is 19.5. The SMILES string of the molecule is C.C.C.C.C.C.C.C.C.CC.CC.CC.CC.CC.CC.CC.CCC.CCC.CCCC.CCCC.CCCCC.CCCCC.CCCCC.CCCCCC.CCCCCCC.CCCCCCC.CCCCCCCC.P.[B]CCCCCC.[B]CCCCCCO. The maximum atomic E-state index is 8.33. The molecule has 1 unspecified atom stereocenters. The van der Waals surface area contributed by atoms with Gasteiger partial charge in [-0.25, -0.2) is 0 Å². The molecule has 0 aromatic rings. The Bertz CT molecular complexity index is 444. The van der Waals surface area contributed by atoms with E-state index >= 15 is 0 Å². The topological polar surface area (TPSA) is 20.2 Å². The lowest BCUT2D eigenvalue weighted by molar-refractivity contribution is 0.283. The summed E-state index contributed by atoms with van der Waals surface area (Å²) >= 11 is 0. The molecule has 0 amide bonds. The predicted octanol–water partition coefficient (Wildman–Crippen LogP) is 41.2. The zero-order valence-corrected chi connectivity index (χ0v) is 73.3. The quantitative estimate of drug-likeness (QED) is 0.0394. The molecule has 0 aliphatic rings. The van der Waals surface area contributed by atoms with Gasteiger partial charge in [-0.1, -0.05) is 605 Å². The van der Waals surface area contributed by atoms with Gasteiger partial charge in [0.25, 0.3) is 0 Å². The molecule has 0 heterocycles. The summed E-state index contributed by atoms with van der Waals surface area (Å²) in [4.78, 5) is 0. The summed E-state index contributed by atoms with van der Waals surface area (Å²) in [6.45, 7) is 79.0. The average molecular weight is 1420 g/mol. The number of aliphatic hydroxyl groups is 1. The van der Waals surface area contributed by atoms with Crippen molar-refractivity contribution in [3.63, 3.8) is 0 Å². The van der Waals surface area contributed by atoms with Gasteiger partial charge in [-0.3, -0.25) is 0 Å². The molecule has 4 radical (unpaired) electrons. The van der Waals surface area contributed by atoms with E-state index in [0.717, 1.165) is 38.3 Å². The highest BCUT2D eigenvalue weighted by Gasteiger charge is 1.85. The van der Waals surface area contributed by atoms with Crippen molar-refractivity contribution in [2.45, 2.75) is 612 Å². The second-order valence-corrected chi connectivity index (χ2v) is 19.5. The Morgan fingerprint density at radius 3 is 0.344 bits per heavy atom. The zero-order chi connectivity index (χ0) is 72.5. The first-order valence-corrected chi connectivity index (χ1v) is 40.9. The van der Waals surface area contributed by atoms with Crippen LogP contribution in [0.25, 0.3) is 0 Å². The van der Waals surface area contributed by atoms with E-state index in [0.29, 0.717) is 6.61 Å². The maximum Gasteiger partial charge on any atom is 0.0653 e. The number of aliphatic hydroxyl groups excluding tert-OH is 1. The lowest BCUT2D eigenvalue weighted by Crippen LogP contribution is -1.82. The lowest BCUT2D eigenvalue weighted by atomic mass is 9.99. The van der Waals surface area contributed by atoms with E-state index in [2.05, 4.69) is 159 Å². The van der Waals surface area contributed by atoms with Gasteiger partial charge < -0.3 is 5.11 Å².